The van der Waals surface area contributed by atoms with Crippen LogP contribution >= 0.6 is 0 Å². The third kappa shape index (κ3) is 1.78. The third-order valence-electron chi connectivity index (χ3n) is 8.02. The van der Waals surface area contributed by atoms with Crippen molar-refractivity contribution in [1.29, 1.82) is 0 Å². The van der Waals surface area contributed by atoms with E-state index in [-0.39, 0.29) is 5.41 Å². The van der Waals surface area contributed by atoms with E-state index >= 15 is 0 Å². The zero-order valence-corrected chi connectivity index (χ0v) is 13.8. The van der Waals surface area contributed by atoms with Crippen molar-refractivity contribution >= 4 is 0 Å². The molecule has 0 amide bonds. The third-order valence-corrected chi connectivity index (χ3v) is 8.02. The first kappa shape index (κ1) is 15.1. The summed E-state index contributed by atoms with van der Waals surface area (Å²) in [6, 6.07) is 0. The minimum Gasteiger partial charge on any atom is -0.365 e. The molecule has 3 saturated carbocycles. The lowest BCUT2D eigenvalue weighted by molar-refractivity contribution is -0.267. The van der Waals surface area contributed by atoms with Gasteiger partial charge >= 0.3 is 0 Å². The largest absolute Gasteiger partial charge is 0.365 e. The zero-order valence-electron chi connectivity index (χ0n) is 13.8. The molecule has 0 aliphatic heterocycles. The maximum absolute atomic E-state index is 14.1. The molecule has 124 valence electrons. The summed E-state index contributed by atoms with van der Waals surface area (Å²) in [6.45, 7) is 4.34. The first-order valence-electron chi connectivity index (χ1n) is 9.06. The van der Waals surface area contributed by atoms with Crippen LogP contribution in [0.3, 0.4) is 0 Å². The van der Waals surface area contributed by atoms with Gasteiger partial charge in [0.05, 0.1) is 0 Å². The summed E-state index contributed by atoms with van der Waals surface area (Å²) in [5.41, 5.74) is 0.869. The van der Waals surface area contributed by atoms with Crippen LogP contribution < -0.4 is 0 Å². The summed E-state index contributed by atoms with van der Waals surface area (Å²) in [5, 5.41) is 21.5. The van der Waals surface area contributed by atoms with Gasteiger partial charge in [0.2, 0.25) is 0 Å². The number of hydrogen-bond acceptors (Lipinski definition) is 2. The van der Waals surface area contributed by atoms with Crippen LogP contribution in [0, 0.1) is 28.6 Å². The van der Waals surface area contributed by atoms with Crippen LogP contribution in [0.5, 0.6) is 0 Å². The van der Waals surface area contributed by atoms with Gasteiger partial charge in [0.25, 0.3) is 0 Å². The Labute approximate surface area is 132 Å². The van der Waals surface area contributed by atoms with E-state index in [0.29, 0.717) is 37.0 Å². The maximum atomic E-state index is 14.1. The normalized spacial score (nSPS) is 53.2. The Morgan fingerprint density at radius 3 is 2.68 bits per heavy atom. The van der Waals surface area contributed by atoms with Crippen molar-refractivity contribution in [1.82, 2.24) is 0 Å². The summed E-state index contributed by atoms with van der Waals surface area (Å²) in [5.74, 6) is -0.413. The van der Waals surface area contributed by atoms with E-state index in [2.05, 4.69) is 19.9 Å². The molecule has 0 heterocycles. The number of aliphatic hydroxyl groups is 2. The quantitative estimate of drug-likeness (QED) is 0.525. The summed E-state index contributed by atoms with van der Waals surface area (Å²) in [6.07, 6.45) is 8.32. The maximum Gasteiger partial charge on any atom is 0.172 e. The van der Waals surface area contributed by atoms with Gasteiger partial charge < -0.3 is 10.2 Å². The van der Waals surface area contributed by atoms with Gasteiger partial charge in [-0.05, 0) is 68.1 Å². The van der Waals surface area contributed by atoms with Crippen molar-refractivity contribution in [2.24, 2.45) is 28.6 Å². The summed E-state index contributed by atoms with van der Waals surface area (Å²) < 4.78 is 14.1. The summed E-state index contributed by atoms with van der Waals surface area (Å²) in [4.78, 5) is 0. The Balaban J connectivity index is 1.74. The van der Waals surface area contributed by atoms with Crippen molar-refractivity contribution < 1.29 is 14.6 Å². The minimum absolute atomic E-state index is 0.139. The van der Waals surface area contributed by atoms with E-state index < -0.39 is 17.4 Å². The van der Waals surface area contributed by atoms with Crippen molar-refractivity contribution in [2.45, 2.75) is 77.2 Å². The van der Waals surface area contributed by atoms with Crippen molar-refractivity contribution in [3.8, 4) is 0 Å². The SMILES string of the molecule is C[C@]12CC[C@H]3[C@@H](CCC4=CCCC(O)(O)[C@@]43C)[C@@H]1C[C@@H](F)C2. The lowest BCUT2D eigenvalue weighted by atomic mass is 9.46. The fourth-order valence-corrected chi connectivity index (χ4v) is 6.77. The summed E-state index contributed by atoms with van der Waals surface area (Å²) in [7, 11) is 0. The predicted octanol–water partition coefficient (Wildman–Crippen LogP) is 3.97. The van der Waals surface area contributed by atoms with Gasteiger partial charge in [-0.25, -0.2) is 4.39 Å². The standard InChI is InChI=1S/C19H29FO2/c1-17-9-7-15-14(16(17)10-13(20)11-17)6-5-12-4-3-8-19(21,22)18(12,15)2/h4,13-16,21-22H,3,5-11H2,1-2H3/t13-,14-,15+,16+,17-,18+/m1/s1. The molecule has 4 aliphatic carbocycles. The molecule has 0 radical (unpaired) electrons. The molecule has 0 aromatic rings. The monoisotopic (exact) mass is 308 g/mol. The molecule has 6 atom stereocenters. The average Bonchev–Trinajstić information content (AvgIpc) is 2.74. The van der Waals surface area contributed by atoms with Crippen molar-refractivity contribution in [3.63, 3.8) is 0 Å². The van der Waals surface area contributed by atoms with Gasteiger partial charge in [0.15, 0.2) is 5.79 Å². The van der Waals surface area contributed by atoms with Crippen LogP contribution in [0.25, 0.3) is 0 Å². The molecule has 2 nitrogen and oxygen atoms in total. The van der Waals surface area contributed by atoms with Crippen LogP contribution in [-0.2, 0) is 0 Å². The van der Waals surface area contributed by atoms with Crippen LogP contribution in [0.1, 0.15) is 65.2 Å². The van der Waals surface area contributed by atoms with Gasteiger partial charge in [0, 0.05) is 11.8 Å². The lowest BCUT2D eigenvalue weighted by Crippen LogP contribution is -2.59. The second kappa shape index (κ2) is 4.57. The van der Waals surface area contributed by atoms with Crippen molar-refractivity contribution in [3.05, 3.63) is 11.6 Å². The molecule has 0 bridgehead atoms. The smallest absolute Gasteiger partial charge is 0.172 e. The number of hydrogen-bond donors (Lipinski definition) is 2. The van der Waals surface area contributed by atoms with Gasteiger partial charge in [-0.3, -0.25) is 0 Å². The predicted molar refractivity (Wildman–Crippen MR) is 83.8 cm³/mol. The molecule has 2 N–H and O–H groups in total. The van der Waals surface area contributed by atoms with Crippen LogP contribution in [0.4, 0.5) is 4.39 Å². The minimum atomic E-state index is -1.60. The number of allylic oxidation sites excluding steroid dienone is 1. The topological polar surface area (TPSA) is 40.5 Å². The van der Waals surface area contributed by atoms with Gasteiger partial charge in [-0.2, -0.15) is 0 Å². The lowest BCUT2D eigenvalue weighted by Gasteiger charge is -2.60. The second-order valence-electron chi connectivity index (χ2n) is 8.93. The Morgan fingerprint density at radius 2 is 1.91 bits per heavy atom. The molecule has 3 fully saturated rings. The molecular formula is C19H29FO2. The van der Waals surface area contributed by atoms with Gasteiger partial charge in [0.1, 0.15) is 6.17 Å². The fourth-order valence-electron chi connectivity index (χ4n) is 6.77. The molecule has 4 aliphatic rings. The van der Waals surface area contributed by atoms with Crippen LogP contribution in [0.2, 0.25) is 0 Å². The van der Waals surface area contributed by atoms with E-state index in [1.807, 2.05) is 0 Å². The fraction of sp³-hybridized carbons (Fsp3) is 0.895. The van der Waals surface area contributed by atoms with Gasteiger partial charge in [-0.15, -0.1) is 0 Å². The molecule has 4 rings (SSSR count). The highest BCUT2D eigenvalue weighted by molar-refractivity contribution is 5.27. The number of halogens is 1. The molecule has 0 aromatic heterocycles. The van der Waals surface area contributed by atoms with E-state index in [1.165, 1.54) is 5.57 Å². The van der Waals surface area contributed by atoms with E-state index in [9.17, 15) is 14.6 Å². The van der Waals surface area contributed by atoms with Crippen LogP contribution in [0.15, 0.2) is 11.6 Å². The van der Waals surface area contributed by atoms with E-state index in [4.69, 9.17) is 0 Å². The highest BCUT2D eigenvalue weighted by atomic mass is 19.1. The molecule has 0 unspecified atom stereocenters. The average molecular weight is 308 g/mol. The molecule has 0 spiro atoms. The molecular weight excluding hydrogens is 279 g/mol. The van der Waals surface area contributed by atoms with E-state index in [0.717, 1.165) is 32.1 Å². The first-order chi connectivity index (χ1) is 10.3. The second-order valence-corrected chi connectivity index (χ2v) is 8.93. The summed E-state index contributed by atoms with van der Waals surface area (Å²) >= 11 is 0. The molecule has 22 heavy (non-hydrogen) atoms. The highest BCUT2D eigenvalue weighted by Gasteiger charge is 2.63. The molecule has 3 heteroatoms. The Morgan fingerprint density at radius 1 is 1.14 bits per heavy atom. The van der Waals surface area contributed by atoms with Gasteiger partial charge in [-0.1, -0.05) is 25.5 Å². The Hall–Kier alpha value is -0.410. The van der Waals surface area contributed by atoms with Crippen molar-refractivity contribution in [2.75, 3.05) is 0 Å². The highest BCUT2D eigenvalue weighted by Crippen LogP contribution is 2.66. The van der Waals surface area contributed by atoms with E-state index in [1.54, 1.807) is 0 Å². The molecule has 0 saturated heterocycles. The zero-order chi connectivity index (χ0) is 15.8. The number of rotatable bonds is 0. The Kier molecular flexibility index (Phi) is 3.14. The van der Waals surface area contributed by atoms with Crippen LogP contribution in [-0.4, -0.2) is 22.2 Å². The first-order valence-corrected chi connectivity index (χ1v) is 9.06. The molecule has 0 aromatic carbocycles. The Bertz CT molecular complexity index is 514. The number of alkyl halides is 1. The number of fused-ring (bicyclic) bond motifs is 5.